The van der Waals surface area contributed by atoms with Gasteiger partial charge in [0.2, 0.25) is 0 Å². The van der Waals surface area contributed by atoms with E-state index in [4.69, 9.17) is 0 Å². The average Bonchev–Trinajstić information content (AvgIpc) is 2.04. The molecule has 0 aromatic rings. The van der Waals surface area contributed by atoms with E-state index in [1.165, 1.54) is 0 Å². The van der Waals surface area contributed by atoms with Crippen LogP contribution in [0.25, 0.3) is 0 Å². The van der Waals surface area contributed by atoms with Gasteiger partial charge in [-0.25, -0.2) is 0 Å². The molecule has 11 heavy (non-hydrogen) atoms. The monoisotopic (exact) mass is 159 g/mol. The Balaban J connectivity index is 0.000000461. The van der Waals surface area contributed by atoms with E-state index in [2.05, 4.69) is 18.9 Å². The van der Waals surface area contributed by atoms with E-state index in [1.54, 1.807) is 0 Å². The van der Waals surface area contributed by atoms with Crippen LogP contribution in [0.3, 0.4) is 0 Å². The van der Waals surface area contributed by atoms with Crippen LogP contribution in [0.15, 0.2) is 0 Å². The summed E-state index contributed by atoms with van der Waals surface area (Å²) in [5.41, 5.74) is 0. The molecule has 0 saturated carbocycles. The lowest BCUT2D eigenvalue weighted by Gasteiger charge is -2.33. The van der Waals surface area contributed by atoms with E-state index in [1.807, 2.05) is 13.8 Å². The number of rotatable bonds is 0. The van der Waals surface area contributed by atoms with E-state index in [-0.39, 0.29) is 6.10 Å². The van der Waals surface area contributed by atoms with Gasteiger partial charge >= 0.3 is 0 Å². The summed E-state index contributed by atoms with van der Waals surface area (Å²) < 4.78 is 0. The molecule has 1 aliphatic heterocycles. The van der Waals surface area contributed by atoms with Crippen molar-refractivity contribution in [3.8, 4) is 0 Å². The molecule has 2 atom stereocenters. The fourth-order valence-electron chi connectivity index (χ4n) is 1.29. The normalized spacial score (nSPS) is 32.5. The van der Waals surface area contributed by atoms with Crippen LogP contribution in [0.1, 0.15) is 33.6 Å². The highest BCUT2D eigenvalue weighted by atomic mass is 16.3. The highest BCUT2D eigenvalue weighted by molar-refractivity contribution is 4.77. The maximum atomic E-state index is 9.31. The molecule has 1 fully saturated rings. The third-order valence-corrected chi connectivity index (χ3v) is 2.26. The number of aliphatic hydroxyl groups is 1. The van der Waals surface area contributed by atoms with Crippen LogP contribution in [0.2, 0.25) is 0 Å². The first-order valence-electron chi connectivity index (χ1n) is 4.60. The van der Waals surface area contributed by atoms with Gasteiger partial charge < -0.3 is 10.0 Å². The van der Waals surface area contributed by atoms with Crippen molar-refractivity contribution in [3.63, 3.8) is 0 Å². The van der Waals surface area contributed by atoms with Crippen LogP contribution in [0, 0.1) is 0 Å². The lowest BCUT2D eigenvalue weighted by molar-refractivity contribution is 0.0344. The first-order chi connectivity index (χ1) is 5.22. The molecule has 1 heterocycles. The van der Waals surface area contributed by atoms with E-state index in [0.717, 1.165) is 19.4 Å². The second-order valence-corrected chi connectivity index (χ2v) is 2.93. The van der Waals surface area contributed by atoms with E-state index in [0.29, 0.717) is 6.04 Å². The van der Waals surface area contributed by atoms with Gasteiger partial charge in [-0.15, -0.1) is 0 Å². The molecule has 68 valence electrons. The van der Waals surface area contributed by atoms with Gasteiger partial charge in [-0.3, -0.25) is 0 Å². The predicted molar refractivity (Wildman–Crippen MR) is 48.7 cm³/mol. The number of piperidine rings is 1. The van der Waals surface area contributed by atoms with Crippen molar-refractivity contribution in [1.82, 2.24) is 4.90 Å². The van der Waals surface area contributed by atoms with Gasteiger partial charge in [0.15, 0.2) is 0 Å². The molecule has 1 aliphatic rings. The van der Waals surface area contributed by atoms with Crippen molar-refractivity contribution in [2.75, 3.05) is 13.6 Å². The van der Waals surface area contributed by atoms with E-state index < -0.39 is 0 Å². The van der Waals surface area contributed by atoms with E-state index >= 15 is 0 Å². The number of nitrogens with zero attached hydrogens (tertiary/aromatic N) is 1. The summed E-state index contributed by atoms with van der Waals surface area (Å²) >= 11 is 0. The number of likely N-dealkylation sites (N-methyl/N-ethyl adjacent to an activating group) is 1. The van der Waals surface area contributed by atoms with Crippen molar-refractivity contribution in [2.45, 2.75) is 45.8 Å². The van der Waals surface area contributed by atoms with Crippen LogP contribution >= 0.6 is 0 Å². The minimum atomic E-state index is -0.0938. The molecule has 1 saturated heterocycles. The molecular formula is C9H21NO. The van der Waals surface area contributed by atoms with Crippen molar-refractivity contribution >= 4 is 0 Å². The lowest BCUT2D eigenvalue weighted by Crippen LogP contribution is -2.43. The molecule has 2 nitrogen and oxygen atoms in total. The largest absolute Gasteiger partial charge is 0.392 e. The van der Waals surface area contributed by atoms with Crippen LogP contribution < -0.4 is 0 Å². The number of hydrogen-bond acceptors (Lipinski definition) is 2. The topological polar surface area (TPSA) is 23.5 Å². The van der Waals surface area contributed by atoms with Gasteiger partial charge in [0, 0.05) is 6.04 Å². The van der Waals surface area contributed by atoms with Gasteiger partial charge in [-0.05, 0) is 33.4 Å². The zero-order valence-corrected chi connectivity index (χ0v) is 8.17. The average molecular weight is 159 g/mol. The predicted octanol–water partition coefficient (Wildman–Crippen LogP) is 1.49. The Morgan fingerprint density at radius 2 is 1.91 bits per heavy atom. The third kappa shape index (κ3) is 3.21. The molecule has 1 N–H and O–H groups in total. The maximum absolute atomic E-state index is 9.31. The first-order valence-corrected chi connectivity index (χ1v) is 4.60. The Labute approximate surface area is 70.2 Å². The maximum Gasteiger partial charge on any atom is 0.0693 e. The van der Waals surface area contributed by atoms with Crippen molar-refractivity contribution in [3.05, 3.63) is 0 Å². The van der Waals surface area contributed by atoms with Crippen LogP contribution in [-0.2, 0) is 0 Å². The summed E-state index contributed by atoms with van der Waals surface area (Å²) in [6.45, 7) is 7.21. The summed E-state index contributed by atoms with van der Waals surface area (Å²) in [4.78, 5) is 2.20. The molecule has 0 aromatic heterocycles. The van der Waals surface area contributed by atoms with Crippen molar-refractivity contribution in [2.24, 2.45) is 0 Å². The van der Waals surface area contributed by atoms with E-state index in [9.17, 15) is 5.11 Å². The summed E-state index contributed by atoms with van der Waals surface area (Å²) in [5, 5.41) is 9.31. The summed E-state index contributed by atoms with van der Waals surface area (Å²) in [6.07, 6.45) is 2.02. The zero-order chi connectivity index (χ0) is 8.85. The molecule has 0 aliphatic carbocycles. The van der Waals surface area contributed by atoms with Gasteiger partial charge in [0.1, 0.15) is 0 Å². The fraction of sp³-hybridized carbons (Fsp3) is 1.00. The van der Waals surface area contributed by atoms with Crippen LogP contribution in [-0.4, -0.2) is 35.7 Å². The summed E-state index contributed by atoms with van der Waals surface area (Å²) in [6, 6.07) is 0.360. The molecule has 0 aromatic carbocycles. The van der Waals surface area contributed by atoms with Crippen molar-refractivity contribution < 1.29 is 5.11 Å². The summed E-state index contributed by atoms with van der Waals surface area (Å²) in [5.74, 6) is 0. The Hall–Kier alpha value is -0.0800. The fourth-order valence-corrected chi connectivity index (χ4v) is 1.29. The zero-order valence-electron chi connectivity index (χ0n) is 8.17. The first kappa shape index (κ1) is 10.9. The van der Waals surface area contributed by atoms with Gasteiger partial charge in [0.25, 0.3) is 0 Å². The minimum absolute atomic E-state index is 0.0938. The van der Waals surface area contributed by atoms with Gasteiger partial charge in [-0.2, -0.15) is 0 Å². The number of aliphatic hydroxyl groups excluding tert-OH is 1. The second kappa shape index (κ2) is 5.56. The van der Waals surface area contributed by atoms with Crippen LogP contribution in [0.4, 0.5) is 0 Å². The number of hydrogen-bond donors (Lipinski definition) is 1. The minimum Gasteiger partial charge on any atom is -0.392 e. The molecular weight excluding hydrogens is 138 g/mol. The quantitative estimate of drug-likeness (QED) is 0.579. The highest BCUT2D eigenvalue weighted by Crippen LogP contribution is 2.14. The molecule has 2 heteroatoms. The Morgan fingerprint density at radius 3 is 2.27 bits per heavy atom. The standard InChI is InChI=1S/C7H15NO.C2H6/c1-6-7(9)4-3-5-8(6)2;1-2/h6-7,9H,3-5H2,1-2H3;1-2H3. The van der Waals surface area contributed by atoms with Crippen LogP contribution in [0.5, 0.6) is 0 Å². The molecule has 2 unspecified atom stereocenters. The molecule has 0 spiro atoms. The Morgan fingerprint density at radius 1 is 1.36 bits per heavy atom. The molecule has 0 bridgehead atoms. The van der Waals surface area contributed by atoms with Crippen molar-refractivity contribution in [1.29, 1.82) is 0 Å². The summed E-state index contributed by atoms with van der Waals surface area (Å²) in [7, 11) is 2.06. The van der Waals surface area contributed by atoms with Gasteiger partial charge in [0.05, 0.1) is 6.10 Å². The van der Waals surface area contributed by atoms with Gasteiger partial charge in [-0.1, -0.05) is 13.8 Å². The molecule has 0 amide bonds. The Bertz CT molecular complexity index is 85.6. The SMILES string of the molecule is CC.CC1C(O)CCCN1C. The molecule has 0 radical (unpaired) electrons. The molecule has 1 rings (SSSR count). The third-order valence-electron chi connectivity index (χ3n) is 2.26. The highest BCUT2D eigenvalue weighted by Gasteiger charge is 2.22. The second-order valence-electron chi connectivity index (χ2n) is 2.93. The number of likely N-dealkylation sites (tertiary alicyclic amines) is 1. The Kier molecular flexibility index (Phi) is 5.51. The smallest absolute Gasteiger partial charge is 0.0693 e. The lowest BCUT2D eigenvalue weighted by atomic mass is 10.0.